The average molecular weight is 240 g/mol. The molecule has 0 bridgehead atoms. The molecule has 4 nitrogen and oxygen atoms in total. The molecule has 0 aromatic carbocycles. The first-order valence-corrected chi connectivity index (χ1v) is 6.64. The Balaban J connectivity index is 1.66. The molecule has 0 N–H and O–H groups in total. The monoisotopic (exact) mass is 240 g/mol. The van der Waals surface area contributed by atoms with Gasteiger partial charge in [-0.15, -0.1) is 0 Å². The molecular weight excluding hydrogens is 216 g/mol. The number of hydrogen-bond acceptors (Lipinski definition) is 3. The maximum atomic E-state index is 11.7. The van der Waals surface area contributed by atoms with E-state index in [1.807, 2.05) is 25.7 Å². The molecule has 2 saturated heterocycles. The van der Waals surface area contributed by atoms with Crippen LogP contribution in [0.25, 0.3) is 0 Å². The molecule has 0 saturated carbocycles. The molecule has 4 heteroatoms. The number of nitrogens with zero attached hydrogens (tertiary/aromatic N) is 2. The highest BCUT2D eigenvalue weighted by Gasteiger charge is 2.34. The Labute approximate surface area is 104 Å². The van der Waals surface area contributed by atoms with Crippen LogP contribution in [0.2, 0.25) is 0 Å². The summed E-state index contributed by atoms with van der Waals surface area (Å²) in [5.74, 6) is 0.653. The molecule has 0 radical (unpaired) electrons. The predicted molar refractivity (Wildman–Crippen MR) is 67.0 cm³/mol. The summed E-state index contributed by atoms with van der Waals surface area (Å²) in [6.07, 6.45) is 2.51. The number of likely N-dealkylation sites (tertiary alicyclic amines) is 2. The molecule has 0 aromatic heterocycles. The first kappa shape index (κ1) is 12.7. The Morgan fingerprint density at radius 1 is 1.24 bits per heavy atom. The van der Waals surface area contributed by atoms with Crippen molar-refractivity contribution in [3.63, 3.8) is 0 Å². The van der Waals surface area contributed by atoms with Gasteiger partial charge in [-0.2, -0.15) is 0 Å². The van der Waals surface area contributed by atoms with Gasteiger partial charge in [0.2, 0.25) is 0 Å². The molecular formula is C13H24N2O2. The van der Waals surface area contributed by atoms with Crippen molar-refractivity contribution in [2.24, 2.45) is 5.92 Å². The highest BCUT2D eigenvalue weighted by Crippen LogP contribution is 2.21. The normalized spacial score (nSPS) is 22.6. The number of amides is 1. The van der Waals surface area contributed by atoms with Crippen molar-refractivity contribution in [2.75, 3.05) is 32.7 Å². The van der Waals surface area contributed by atoms with E-state index in [9.17, 15) is 4.79 Å². The zero-order valence-electron chi connectivity index (χ0n) is 11.2. The second-order valence-corrected chi connectivity index (χ2v) is 6.26. The van der Waals surface area contributed by atoms with Crippen molar-refractivity contribution in [3.8, 4) is 0 Å². The van der Waals surface area contributed by atoms with Crippen LogP contribution in [0, 0.1) is 5.92 Å². The Morgan fingerprint density at radius 3 is 2.35 bits per heavy atom. The van der Waals surface area contributed by atoms with Gasteiger partial charge in [0.05, 0.1) is 0 Å². The number of rotatable bonds is 2. The maximum Gasteiger partial charge on any atom is 0.410 e. The highest BCUT2D eigenvalue weighted by molar-refractivity contribution is 5.69. The van der Waals surface area contributed by atoms with Gasteiger partial charge in [0.1, 0.15) is 5.60 Å². The molecule has 2 aliphatic heterocycles. The van der Waals surface area contributed by atoms with E-state index in [0.29, 0.717) is 5.92 Å². The lowest BCUT2D eigenvalue weighted by molar-refractivity contribution is -0.00526. The summed E-state index contributed by atoms with van der Waals surface area (Å²) in [5.41, 5.74) is -0.378. The number of hydrogen-bond donors (Lipinski definition) is 0. The van der Waals surface area contributed by atoms with E-state index in [0.717, 1.165) is 19.6 Å². The summed E-state index contributed by atoms with van der Waals surface area (Å²) in [6.45, 7) is 11.1. The average Bonchev–Trinajstić information content (AvgIpc) is 2.59. The van der Waals surface area contributed by atoms with Crippen molar-refractivity contribution in [1.29, 1.82) is 0 Å². The second kappa shape index (κ2) is 4.84. The molecule has 0 atom stereocenters. The van der Waals surface area contributed by atoms with E-state index in [-0.39, 0.29) is 11.7 Å². The van der Waals surface area contributed by atoms with Crippen LogP contribution in [0.1, 0.15) is 33.6 Å². The lowest BCUT2D eigenvalue weighted by Gasteiger charge is -2.41. The smallest absolute Gasteiger partial charge is 0.410 e. The van der Waals surface area contributed by atoms with Crippen LogP contribution in [0.15, 0.2) is 0 Å². The zero-order chi connectivity index (χ0) is 12.5. The summed E-state index contributed by atoms with van der Waals surface area (Å²) in [7, 11) is 0. The lowest BCUT2D eigenvalue weighted by atomic mass is 10.0. The quantitative estimate of drug-likeness (QED) is 0.739. The van der Waals surface area contributed by atoms with Crippen molar-refractivity contribution in [3.05, 3.63) is 0 Å². The van der Waals surface area contributed by atoms with E-state index in [2.05, 4.69) is 4.90 Å². The first-order chi connectivity index (χ1) is 7.94. The van der Waals surface area contributed by atoms with Crippen molar-refractivity contribution >= 4 is 6.09 Å². The first-order valence-electron chi connectivity index (χ1n) is 6.64. The summed E-state index contributed by atoms with van der Waals surface area (Å²) < 4.78 is 5.33. The minimum atomic E-state index is -0.378. The van der Waals surface area contributed by atoms with Gasteiger partial charge in [0.25, 0.3) is 0 Å². The molecule has 98 valence electrons. The van der Waals surface area contributed by atoms with E-state index < -0.39 is 0 Å². The van der Waals surface area contributed by atoms with E-state index >= 15 is 0 Å². The van der Waals surface area contributed by atoms with Crippen LogP contribution < -0.4 is 0 Å². The molecule has 0 aromatic rings. The van der Waals surface area contributed by atoms with Gasteiger partial charge >= 0.3 is 6.09 Å². The third kappa shape index (κ3) is 3.60. The molecule has 0 unspecified atom stereocenters. The SMILES string of the molecule is CC(C)(C)OC(=O)N1CC(CN2CCCC2)C1. The molecule has 2 heterocycles. The molecule has 0 aliphatic carbocycles. The van der Waals surface area contributed by atoms with Crippen LogP contribution in [-0.4, -0.2) is 54.2 Å². The van der Waals surface area contributed by atoms with Crippen LogP contribution in [0.3, 0.4) is 0 Å². The Kier molecular flexibility index (Phi) is 3.61. The Hall–Kier alpha value is -0.770. The molecule has 1 amide bonds. The maximum absolute atomic E-state index is 11.7. The molecule has 17 heavy (non-hydrogen) atoms. The van der Waals surface area contributed by atoms with E-state index in [4.69, 9.17) is 4.74 Å². The van der Waals surface area contributed by atoms with Gasteiger partial charge in [-0.3, -0.25) is 0 Å². The van der Waals surface area contributed by atoms with E-state index in [1.54, 1.807) is 0 Å². The van der Waals surface area contributed by atoms with Gasteiger partial charge in [-0.05, 0) is 46.7 Å². The zero-order valence-corrected chi connectivity index (χ0v) is 11.2. The van der Waals surface area contributed by atoms with Crippen LogP contribution in [0.5, 0.6) is 0 Å². The minimum Gasteiger partial charge on any atom is -0.444 e. The molecule has 2 fully saturated rings. The van der Waals surface area contributed by atoms with Gasteiger partial charge in [0.15, 0.2) is 0 Å². The van der Waals surface area contributed by atoms with Crippen LogP contribution >= 0.6 is 0 Å². The molecule has 0 spiro atoms. The Bertz CT molecular complexity index is 274. The predicted octanol–water partition coefficient (Wildman–Crippen LogP) is 1.95. The largest absolute Gasteiger partial charge is 0.444 e. The number of carbonyl (C=O) groups is 1. The van der Waals surface area contributed by atoms with E-state index in [1.165, 1.54) is 25.9 Å². The second-order valence-electron chi connectivity index (χ2n) is 6.26. The van der Waals surface area contributed by atoms with Gasteiger partial charge in [0, 0.05) is 25.6 Å². The Morgan fingerprint density at radius 2 is 1.82 bits per heavy atom. The number of carbonyl (C=O) groups excluding carboxylic acids is 1. The van der Waals surface area contributed by atoms with Gasteiger partial charge in [-0.25, -0.2) is 4.79 Å². The van der Waals surface area contributed by atoms with Crippen molar-refractivity contribution < 1.29 is 9.53 Å². The summed E-state index contributed by atoms with van der Waals surface area (Å²) in [4.78, 5) is 16.0. The fraction of sp³-hybridized carbons (Fsp3) is 0.923. The third-order valence-electron chi connectivity index (χ3n) is 3.32. The fourth-order valence-electron chi connectivity index (χ4n) is 2.49. The van der Waals surface area contributed by atoms with Crippen LogP contribution in [-0.2, 0) is 4.74 Å². The standard InChI is InChI=1S/C13H24N2O2/c1-13(2,3)17-12(16)15-9-11(10-15)8-14-6-4-5-7-14/h11H,4-10H2,1-3H3. The van der Waals surface area contributed by atoms with Gasteiger partial charge in [-0.1, -0.05) is 0 Å². The van der Waals surface area contributed by atoms with Crippen molar-refractivity contribution in [1.82, 2.24) is 9.80 Å². The lowest BCUT2D eigenvalue weighted by Crippen LogP contribution is -2.54. The summed E-state index contributed by atoms with van der Waals surface area (Å²) in [5, 5.41) is 0. The topological polar surface area (TPSA) is 32.8 Å². The van der Waals surface area contributed by atoms with Gasteiger partial charge < -0.3 is 14.5 Å². The highest BCUT2D eigenvalue weighted by atomic mass is 16.6. The van der Waals surface area contributed by atoms with Crippen molar-refractivity contribution in [2.45, 2.75) is 39.2 Å². The summed E-state index contributed by atoms with van der Waals surface area (Å²) >= 11 is 0. The fourth-order valence-corrected chi connectivity index (χ4v) is 2.49. The molecule has 2 rings (SSSR count). The summed E-state index contributed by atoms with van der Waals surface area (Å²) in [6, 6.07) is 0. The number of ether oxygens (including phenoxy) is 1. The van der Waals surface area contributed by atoms with Crippen LogP contribution in [0.4, 0.5) is 4.79 Å². The molecule has 2 aliphatic rings. The minimum absolute atomic E-state index is 0.157. The third-order valence-corrected chi connectivity index (χ3v) is 3.32.